The van der Waals surface area contributed by atoms with Crippen LogP contribution in [0.1, 0.15) is 0 Å². The Balaban J connectivity index is 1.00. The highest BCUT2D eigenvalue weighted by Gasteiger charge is 2.17. The first kappa shape index (κ1) is 30.0. The lowest BCUT2D eigenvalue weighted by atomic mass is 9.98. The van der Waals surface area contributed by atoms with Crippen molar-refractivity contribution in [3.63, 3.8) is 0 Å². The number of anilines is 3. The fourth-order valence-corrected chi connectivity index (χ4v) is 9.19. The first-order valence-electron chi connectivity index (χ1n) is 18.0. The molecule has 2 aromatic heterocycles. The third kappa shape index (κ3) is 4.93. The highest BCUT2D eigenvalue weighted by molar-refractivity contribution is 7.25. The number of nitrogens with zero attached hydrogens (tertiary/aromatic N) is 1. The molecule has 0 atom stereocenters. The Kier molecular flexibility index (Phi) is 6.76. The number of rotatable bonds is 5. The van der Waals surface area contributed by atoms with Gasteiger partial charge in [-0.15, -0.1) is 11.3 Å². The minimum Gasteiger partial charge on any atom is -0.455 e. The van der Waals surface area contributed by atoms with Crippen molar-refractivity contribution in [1.82, 2.24) is 0 Å². The summed E-state index contributed by atoms with van der Waals surface area (Å²) in [7, 11) is 0. The second-order valence-corrected chi connectivity index (χ2v) is 14.8. The minimum atomic E-state index is 0.905. The number of hydrogen-bond donors (Lipinski definition) is 0. The molecule has 0 bridgehead atoms. The summed E-state index contributed by atoms with van der Waals surface area (Å²) in [5.41, 5.74) is 9.91. The highest BCUT2D eigenvalue weighted by Crippen LogP contribution is 2.42. The molecule has 0 amide bonds. The number of fused-ring (bicyclic) bond motifs is 9. The topological polar surface area (TPSA) is 16.4 Å². The van der Waals surface area contributed by atoms with Crippen LogP contribution in [0.25, 0.3) is 85.9 Å². The summed E-state index contributed by atoms with van der Waals surface area (Å²) in [4.78, 5) is 2.37. The van der Waals surface area contributed by atoms with Crippen molar-refractivity contribution >= 4 is 92.1 Å². The number of benzene rings is 9. The Morgan fingerprint density at radius 1 is 0.358 bits per heavy atom. The molecule has 11 aromatic rings. The Morgan fingerprint density at radius 3 is 1.75 bits per heavy atom. The summed E-state index contributed by atoms with van der Waals surface area (Å²) in [6.45, 7) is 0. The van der Waals surface area contributed by atoms with Crippen LogP contribution in [0, 0.1) is 0 Å². The van der Waals surface area contributed by atoms with Crippen molar-refractivity contribution in [3.8, 4) is 22.3 Å². The largest absolute Gasteiger partial charge is 0.455 e. The van der Waals surface area contributed by atoms with Crippen LogP contribution in [0.2, 0.25) is 0 Å². The van der Waals surface area contributed by atoms with Crippen molar-refractivity contribution < 1.29 is 4.42 Å². The molecule has 248 valence electrons. The fraction of sp³-hybridized carbons (Fsp3) is 0. The Morgan fingerprint density at radius 2 is 0.943 bits per heavy atom. The predicted molar refractivity (Wildman–Crippen MR) is 227 cm³/mol. The van der Waals surface area contributed by atoms with E-state index in [0.717, 1.165) is 55.5 Å². The zero-order valence-electron chi connectivity index (χ0n) is 28.7. The Labute approximate surface area is 310 Å². The predicted octanol–water partition coefficient (Wildman–Crippen LogP) is 15.1. The molecule has 2 nitrogen and oxygen atoms in total. The number of furan rings is 1. The van der Waals surface area contributed by atoms with Gasteiger partial charge in [-0.2, -0.15) is 0 Å². The van der Waals surface area contributed by atoms with Gasteiger partial charge in [0.15, 0.2) is 0 Å². The quantitative estimate of drug-likeness (QED) is 0.178. The van der Waals surface area contributed by atoms with Crippen LogP contribution in [-0.4, -0.2) is 0 Å². The van der Waals surface area contributed by atoms with Crippen molar-refractivity contribution in [2.45, 2.75) is 0 Å². The van der Waals surface area contributed by atoms with Gasteiger partial charge < -0.3 is 9.32 Å². The van der Waals surface area contributed by atoms with E-state index < -0.39 is 0 Å². The van der Waals surface area contributed by atoms with E-state index >= 15 is 0 Å². The molecule has 0 unspecified atom stereocenters. The van der Waals surface area contributed by atoms with Gasteiger partial charge in [0, 0.05) is 53.4 Å². The van der Waals surface area contributed by atoms with E-state index in [2.05, 4.69) is 193 Å². The maximum Gasteiger partial charge on any atom is 0.143 e. The summed E-state index contributed by atoms with van der Waals surface area (Å²) in [5.74, 6) is 0. The van der Waals surface area contributed by atoms with Crippen LogP contribution in [0.3, 0.4) is 0 Å². The second-order valence-electron chi connectivity index (χ2n) is 13.7. The third-order valence-electron chi connectivity index (χ3n) is 10.7. The van der Waals surface area contributed by atoms with Gasteiger partial charge >= 0.3 is 0 Å². The molecule has 53 heavy (non-hydrogen) atoms. The van der Waals surface area contributed by atoms with E-state index in [9.17, 15) is 0 Å². The van der Waals surface area contributed by atoms with E-state index in [1.165, 1.54) is 47.5 Å². The fourth-order valence-electron chi connectivity index (χ4n) is 8.05. The van der Waals surface area contributed by atoms with E-state index in [-0.39, 0.29) is 0 Å². The first-order chi connectivity index (χ1) is 26.2. The van der Waals surface area contributed by atoms with Gasteiger partial charge in [0.2, 0.25) is 0 Å². The van der Waals surface area contributed by atoms with E-state index in [4.69, 9.17) is 4.42 Å². The summed E-state index contributed by atoms with van der Waals surface area (Å²) < 4.78 is 9.11. The third-order valence-corrected chi connectivity index (χ3v) is 11.8. The van der Waals surface area contributed by atoms with E-state index in [0.29, 0.717) is 0 Å². The van der Waals surface area contributed by atoms with Gasteiger partial charge in [0.25, 0.3) is 0 Å². The van der Waals surface area contributed by atoms with Crippen LogP contribution in [0.4, 0.5) is 17.1 Å². The monoisotopic (exact) mass is 693 g/mol. The van der Waals surface area contributed by atoms with Crippen molar-refractivity contribution in [1.29, 1.82) is 0 Å². The van der Waals surface area contributed by atoms with Gasteiger partial charge in [-0.05, 0) is 99.1 Å². The maximum atomic E-state index is 6.52. The average molecular weight is 694 g/mol. The summed E-state index contributed by atoms with van der Waals surface area (Å²) in [5, 5.41) is 9.74. The van der Waals surface area contributed by atoms with E-state index in [1.54, 1.807) is 0 Å². The van der Waals surface area contributed by atoms with Gasteiger partial charge in [0.1, 0.15) is 11.2 Å². The normalized spacial score (nSPS) is 11.8. The van der Waals surface area contributed by atoms with Crippen LogP contribution in [0.5, 0.6) is 0 Å². The standard InChI is InChI=1S/C50H31NOS/c1-3-11-40-33(8-1)10-7-14-41(40)35-18-24-38(25-19-35)51(39-26-29-45-44-13-5-6-15-48(44)53-49(45)31-39)37-22-16-32(17-23-37)36-21-27-43-46-28-20-34-9-2-4-12-42(34)50(46)52-47(43)30-36/h1-31H. The lowest BCUT2D eigenvalue weighted by Gasteiger charge is -2.26. The maximum absolute atomic E-state index is 6.52. The molecule has 2 heterocycles. The van der Waals surface area contributed by atoms with Crippen molar-refractivity contribution in [3.05, 3.63) is 188 Å². The lowest BCUT2D eigenvalue weighted by molar-refractivity contribution is 0.673. The Hall–Kier alpha value is -6.68. The molecule has 11 rings (SSSR count). The molecular formula is C50H31NOS. The molecule has 0 spiro atoms. The molecular weight excluding hydrogens is 663 g/mol. The van der Waals surface area contributed by atoms with Crippen molar-refractivity contribution in [2.24, 2.45) is 0 Å². The van der Waals surface area contributed by atoms with Crippen molar-refractivity contribution in [2.75, 3.05) is 4.90 Å². The summed E-state index contributed by atoms with van der Waals surface area (Å²) >= 11 is 1.85. The van der Waals surface area contributed by atoms with Crippen LogP contribution >= 0.6 is 11.3 Å². The zero-order chi connectivity index (χ0) is 34.9. The number of hydrogen-bond acceptors (Lipinski definition) is 3. The molecule has 9 aromatic carbocycles. The molecule has 0 radical (unpaired) electrons. The van der Waals surface area contributed by atoms with Gasteiger partial charge in [-0.1, -0.05) is 127 Å². The van der Waals surface area contributed by atoms with E-state index in [1.807, 2.05) is 11.3 Å². The first-order valence-corrected chi connectivity index (χ1v) is 18.8. The lowest BCUT2D eigenvalue weighted by Crippen LogP contribution is -2.09. The molecule has 0 saturated carbocycles. The minimum absolute atomic E-state index is 0.905. The average Bonchev–Trinajstić information content (AvgIpc) is 3.79. The van der Waals surface area contributed by atoms with Crippen LogP contribution in [-0.2, 0) is 0 Å². The molecule has 0 fully saturated rings. The smallest absolute Gasteiger partial charge is 0.143 e. The van der Waals surface area contributed by atoms with Gasteiger partial charge in [-0.25, -0.2) is 0 Å². The van der Waals surface area contributed by atoms with Crippen LogP contribution < -0.4 is 4.90 Å². The van der Waals surface area contributed by atoms with Crippen LogP contribution in [0.15, 0.2) is 192 Å². The Bertz CT molecular complexity index is 3160. The molecule has 0 aliphatic heterocycles. The SMILES string of the molecule is c1ccc2c(-c3ccc(N(c4ccc(-c5ccc6c(c5)oc5c7ccccc7ccc65)cc4)c4ccc5c(c4)sc4ccccc45)cc3)cccc2c1. The summed E-state index contributed by atoms with van der Waals surface area (Å²) in [6.07, 6.45) is 0. The zero-order valence-corrected chi connectivity index (χ0v) is 29.5. The van der Waals surface area contributed by atoms with Gasteiger partial charge in [0.05, 0.1) is 0 Å². The molecule has 0 aliphatic rings. The molecule has 0 aliphatic carbocycles. The number of thiophene rings is 1. The highest BCUT2D eigenvalue weighted by atomic mass is 32.1. The molecule has 3 heteroatoms. The molecule has 0 N–H and O–H groups in total. The van der Waals surface area contributed by atoms with Gasteiger partial charge in [-0.3, -0.25) is 0 Å². The molecule has 0 saturated heterocycles. The second kappa shape index (κ2) is 11.9. The summed E-state index contributed by atoms with van der Waals surface area (Å²) in [6, 6.07) is 68.0.